The van der Waals surface area contributed by atoms with Gasteiger partial charge in [-0.15, -0.1) is 0 Å². The number of carbonyl (C=O) groups excluding carboxylic acids is 1. The first-order chi connectivity index (χ1) is 7.84. The minimum Gasteiger partial charge on any atom is -0.383 e. The third kappa shape index (κ3) is 4.81. The standard InChI is InChI=1S/C10H16N4O2/c1-16-7-6-11-2-5-14-10(15)9-8-12-3-4-13-9/h3-4,8,11H,2,5-7H2,1H3,(H,14,15). The van der Waals surface area contributed by atoms with Crippen LogP contribution in [0.3, 0.4) is 0 Å². The molecule has 1 heterocycles. The molecule has 0 bridgehead atoms. The summed E-state index contributed by atoms with van der Waals surface area (Å²) in [4.78, 5) is 19.2. The van der Waals surface area contributed by atoms with Crippen LogP contribution in [-0.4, -0.2) is 49.2 Å². The van der Waals surface area contributed by atoms with Crippen molar-refractivity contribution < 1.29 is 9.53 Å². The lowest BCUT2D eigenvalue weighted by atomic mass is 10.4. The Bertz CT molecular complexity index is 305. The third-order valence-corrected chi connectivity index (χ3v) is 1.87. The molecule has 0 unspecified atom stereocenters. The molecular weight excluding hydrogens is 208 g/mol. The van der Waals surface area contributed by atoms with Crippen LogP contribution in [0, 0.1) is 0 Å². The number of rotatable bonds is 7. The van der Waals surface area contributed by atoms with E-state index in [1.54, 1.807) is 7.11 Å². The van der Waals surface area contributed by atoms with Gasteiger partial charge >= 0.3 is 0 Å². The fourth-order valence-electron chi connectivity index (χ4n) is 1.07. The highest BCUT2D eigenvalue weighted by Crippen LogP contribution is 1.88. The van der Waals surface area contributed by atoms with Gasteiger partial charge in [0.25, 0.3) is 5.91 Å². The van der Waals surface area contributed by atoms with Crippen molar-refractivity contribution in [3.63, 3.8) is 0 Å². The molecule has 6 nitrogen and oxygen atoms in total. The fraction of sp³-hybridized carbons (Fsp3) is 0.500. The first-order valence-electron chi connectivity index (χ1n) is 5.08. The lowest BCUT2D eigenvalue weighted by molar-refractivity contribution is 0.0948. The number of hydrogen-bond donors (Lipinski definition) is 2. The summed E-state index contributed by atoms with van der Waals surface area (Å²) in [6, 6.07) is 0. The summed E-state index contributed by atoms with van der Waals surface area (Å²) in [5, 5.41) is 5.85. The van der Waals surface area contributed by atoms with Crippen molar-refractivity contribution in [2.75, 3.05) is 33.4 Å². The summed E-state index contributed by atoms with van der Waals surface area (Å²) in [5.41, 5.74) is 0.333. The molecule has 0 fully saturated rings. The van der Waals surface area contributed by atoms with Crippen molar-refractivity contribution in [1.29, 1.82) is 0 Å². The van der Waals surface area contributed by atoms with Gasteiger partial charge in [0.05, 0.1) is 12.8 Å². The average Bonchev–Trinajstić information content (AvgIpc) is 2.34. The zero-order valence-electron chi connectivity index (χ0n) is 9.27. The Morgan fingerprint density at radius 2 is 2.25 bits per heavy atom. The van der Waals surface area contributed by atoms with E-state index in [4.69, 9.17) is 4.74 Å². The van der Waals surface area contributed by atoms with Gasteiger partial charge in [-0.1, -0.05) is 0 Å². The first-order valence-corrected chi connectivity index (χ1v) is 5.08. The van der Waals surface area contributed by atoms with E-state index < -0.39 is 0 Å². The van der Waals surface area contributed by atoms with E-state index in [-0.39, 0.29) is 5.91 Å². The van der Waals surface area contributed by atoms with E-state index in [0.29, 0.717) is 25.4 Å². The zero-order valence-corrected chi connectivity index (χ0v) is 9.27. The molecule has 1 amide bonds. The maximum Gasteiger partial charge on any atom is 0.271 e. The highest BCUT2D eigenvalue weighted by Gasteiger charge is 2.04. The van der Waals surface area contributed by atoms with Crippen LogP contribution >= 0.6 is 0 Å². The van der Waals surface area contributed by atoms with E-state index in [0.717, 1.165) is 6.54 Å². The summed E-state index contributed by atoms with van der Waals surface area (Å²) in [7, 11) is 1.65. The summed E-state index contributed by atoms with van der Waals surface area (Å²) < 4.78 is 4.87. The molecule has 0 aliphatic heterocycles. The minimum absolute atomic E-state index is 0.207. The van der Waals surface area contributed by atoms with Gasteiger partial charge < -0.3 is 15.4 Å². The molecule has 0 saturated heterocycles. The van der Waals surface area contributed by atoms with Gasteiger partial charge in [-0.05, 0) is 0 Å². The quantitative estimate of drug-likeness (QED) is 0.607. The van der Waals surface area contributed by atoms with Gasteiger partial charge in [0, 0.05) is 39.1 Å². The van der Waals surface area contributed by atoms with E-state index >= 15 is 0 Å². The number of methoxy groups -OCH3 is 1. The Morgan fingerprint density at radius 1 is 1.38 bits per heavy atom. The van der Waals surface area contributed by atoms with Crippen LogP contribution in [0.2, 0.25) is 0 Å². The van der Waals surface area contributed by atoms with Gasteiger partial charge in [-0.25, -0.2) is 4.98 Å². The molecule has 1 aromatic rings. The van der Waals surface area contributed by atoms with Crippen LogP contribution in [-0.2, 0) is 4.74 Å². The predicted octanol–water partition coefficient (Wildman–Crippen LogP) is -0.558. The molecule has 1 rings (SSSR count). The zero-order chi connectivity index (χ0) is 11.6. The van der Waals surface area contributed by atoms with Crippen molar-refractivity contribution in [2.45, 2.75) is 0 Å². The molecule has 1 aromatic heterocycles. The van der Waals surface area contributed by atoms with Gasteiger partial charge in [0.15, 0.2) is 0 Å². The largest absolute Gasteiger partial charge is 0.383 e. The topological polar surface area (TPSA) is 76.1 Å². The highest BCUT2D eigenvalue weighted by atomic mass is 16.5. The molecule has 0 radical (unpaired) electrons. The fourth-order valence-corrected chi connectivity index (χ4v) is 1.07. The highest BCUT2D eigenvalue weighted by molar-refractivity contribution is 5.91. The number of amides is 1. The van der Waals surface area contributed by atoms with E-state index in [1.807, 2.05) is 0 Å². The number of nitrogens with one attached hydrogen (secondary N) is 2. The molecule has 0 aliphatic carbocycles. The van der Waals surface area contributed by atoms with Crippen molar-refractivity contribution in [2.24, 2.45) is 0 Å². The van der Waals surface area contributed by atoms with Crippen molar-refractivity contribution in [3.8, 4) is 0 Å². The summed E-state index contributed by atoms with van der Waals surface area (Å²) in [6.07, 6.45) is 4.46. The molecule has 2 N–H and O–H groups in total. The molecule has 0 aliphatic rings. The van der Waals surface area contributed by atoms with Gasteiger partial charge in [-0.2, -0.15) is 0 Å². The van der Waals surface area contributed by atoms with Gasteiger partial charge in [0.1, 0.15) is 5.69 Å². The smallest absolute Gasteiger partial charge is 0.271 e. The Balaban J connectivity index is 2.12. The monoisotopic (exact) mass is 224 g/mol. The maximum atomic E-state index is 11.5. The molecule has 88 valence electrons. The molecule has 6 heteroatoms. The summed E-state index contributed by atoms with van der Waals surface area (Å²) >= 11 is 0. The number of carbonyl (C=O) groups is 1. The molecular formula is C10H16N4O2. The first kappa shape index (κ1) is 12.5. The Labute approximate surface area is 94.4 Å². The van der Waals surface area contributed by atoms with Crippen molar-refractivity contribution >= 4 is 5.91 Å². The number of nitrogens with zero attached hydrogens (tertiary/aromatic N) is 2. The maximum absolute atomic E-state index is 11.5. The van der Waals surface area contributed by atoms with Crippen LogP contribution < -0.4 is 10.6 Å². The molecule has 0 saturated carbocycles. The van der Waals surface area contributed by atoms with Gasteiger partial charge in [-0.3, -0.25) is 9.78 Å². The average molecular weight is 224 g/mol. The van der Waals surface area contributed by atoms with Crippen LogP contribution in [0.4, 0.5) is 0 Å². The second-order valence-corrected chi connectivity index (χ2v) is 3.09. The van der Waals surface area contributed by atoms with Crippen LogP contribution in [0.25, 0.3) is 0 Å². The number of hydrogen-bond acceptors (Lipinski definition) is 5. The Hall–Kier alpha value is -1.53. The molecule has 0 spiro atoms. The molecule has 0 atom stereocenters. The van der Waals surface area contributed by atoms with Crippen LogP contribution in [0.1, 0.15) is 10.5 Å². The van der Waals surface area contributed by atoms with E-state index in [2.05, 4.69) is 20.6 Å². The van der Waals surface area contributed by atoms with E-state index in [9.17, 15) is 4.79 Å². The minimum atomic E-state index is -0.207. The van der Waals surface area contributed by atoms with Crippen LogP contribution in [0.5, 0.6) is 0 Å². The lowest BCUT2D eigenvalue weighted by Gasteiger charge is -2.05. The molecule has 16 heavy (non-hydrogen) atoms. The summed E-state index contributed by atoms with van der Waals surface area (Å²) in [6.45, 7) is 2.70. The second-order valence-electron chi connectivity index (χ2n) is 3.09. The number of ether oxygens (including phenoxy) is 1. The molecule has 0 aromatic carbocycles. The SMILES string of the molecule is COCCNCCNC(=O)c1cnccn1. The van der Waals surface area contributed by atoms with Crippen molar-refractivity contribution in [1.82, 2.24) is 20.6 Å². The second kappa shape index (κ2) is 7.72. The normalized spacial score (nSPS) is 10.1. The number of aromatic nitrogens is 2. The third-order valence-electron chi connectivity index (χ3n) is 1.87. The van der Waals surface area contributed by atoms with Crippen molar-refractivity contribution in [3.05, 3.63) is 24.3 Å². The van der Waals surface area contributed by atoms with Gasteiger partial charge in [0.2, 0.25) is 0 Å². The Kier molecular flexibility index (Phi) is 6.05. The van der Waals surface area contributed by atoms with E-state index in [1.165, 1.54) is 18.6 Å². The Morgan fingerprint density at radius 3 is 2.94 bits per heavy atom. The van der Waals surface area contributed by atoms with Crippen LogP contribution in [0.15, 0.2) is 18.6 Å². The summed E-state index contributed by atoms with van der Waals surface area (Å²) in [5.74, 6) is -0.207. The lowest BCUT2D eigenvalue weighted by Crippen LogP contribution is -2.33. The predicted molar refractivity (Wildman–Crippen MR) is 59.1 cm³/mol.